The lowest BCUT2D eigenvalue weighted by molar-refractivity contribution is -0.134. The van der Waals surface area contributed by atoms with E-state index in [1.54, 1.807) is 0 Å². The molecule has 3 aromatic rings. The molecule has 1 saturated heterocycles. The second-order valence-electron chi connectivity index (χ2n) is 10.5. The number of hydrogen-bond donors (Lipinski definition) is 0. The minimum Gasteiger partial charge on any atom is -0.340 e. The van der Waals surface area contributed by atoms with Crippen LogP contribution in [0, 0.1) is 11.3 Å². The summed E-state index contributed by atoms with van der Waals surface area (Å²) in [4.78, 5) is 22.2. The van der Waals surface area contributed by atoms with Crippen LogP contribution < -0.4 is 0 Å². The average Bonchev–Trinajstić information content (AvgIpc) is 3.29. The fraction of sp³-hybridized carbons (Fsp3) is 0.414. The van der Waals surface area contributed by atoms with Gasteiger partial charge in [-0.2, -0.15) is 5.26 Å². The molecule has 35 heavy (non-hydrogen) atoms. The van der Waals surface area contributed by atoms with E-state index in [9.17, 15) is 4.79 Å². The summed E-state index contributed by atoms with van der Waals surface area (Å²) in [5.74, 6) is 0.0676. The smallest absolute Gasteiger partial charge is 0.229 e. The molecule has 1 aliphatic rings. The summed E-state index contributed by atoms with van der Waals surface area (Å²) >= 11 is 0. The fourth-order valence-electron chi connectivity index (χ4n) is 4.82. The van der Waals surface area contributed by atoms with Gasteiger partial charge in [0.1, 0.15) is 0 Å². The van der Waals surface area contributed by atoms with Crippen LogP contribution >= 0.6 is 0 Å². The summed E-state index contributed by atoms with van der Waals surface area (Å²) in [6.07, 6.45) is 3.79. The second-order valence-corrected chi connectivity index (χ2v) is 10.5. The van der Waals surface area contributed by atoms with Crippen LogP contribution in [0.25, 0.3) is 0 Å². The van der Waals surface area contributed by atoms with Crippen LogP contribution in [0.5, 0.6) is 0 Å². The molecule has 0 bridgehead atoms. The van der Waals surface area contributed by atoms with Crippen molar-refractivity contribution in [2.45, 2.75) is 52.1 Å². The Morgan fingerprint density at radius 2 is 1.71 bits per heavy atom. The number of piperazine rings is 1. The Hall–Kier alpha value is -3.43. The lowest BCUT2D eigenvalue weighted by Crippen LogP contribution is -2.49. The normalized spacial score (nSPS) is 15.6. The van der Waals surface area contributed by atoms with Crippen molar-refractivity contribution < 1.29 is 4.79 Å². The molecule has 0 N–H and O–H groups in total. The van der Waals surface area contributed by atoms with Crippen molar-refractivity contribution in [2.75, 3.05) is 26.2 Å². The number of benzene rings is 2. The largest absolute Gasteiger partial charge is 0.340 e. The second kappa shape index (κ2) is 10.5. The molecular formula is C29H35N5O. The van der Waals surface area contributed by atoms with E-state index in [0.717, 1.165) is 56.1 Å². The first kappa shape index (κ1) is 24.7. The first-order valence-electron chi connectivity index (χ1n) is 12.3. The first-order valence-corrected chi connectivity index (χ1v) is 12.3. The maximum Gasteiger partial charge on any atom is 0.229 e. The quantitative estimate of drug-likeness (QED) is 0.531. The Balaban J connectivity index is 1.35. The molecule has 6 nitrogen and oxygen atoms in total. The molecule has 2 aromatic carbocycles. The third-order valence-electron chi connectivity index (χ3n) is 6.91. The van der Waals surface area contributed by atoms with Crippen molar-refractivity contribution in [3.05, 3.63) is 89.0 Å². The minimum atomic E-state index is -0.147. The van der Waals surface area contributed by atoms with Gasteiger partial charge in [-0.25, -0.2) is 4.98 Å². The third kappa shape index (κ3) is 5.80. The van der Waals surface area contributed by atoms with Gasteiger partial charge in [-0.3, -0.25) is 9.69 Å². The lowest BCUT2D eigenvalue weighted by Gasteiger charge is -2.36. The molecule has 0 saturated carbocycles. The van der Waals surface area contributed by atoms with E-state index in [1.165, 1.54) is 5.56 Å². The highest BCUT2D eigenvalue weighted by Gasteiger charge is 2.29. The van der Waals surface area contributed by atoms with Crippen LogP contribution in [0.1, 0.15) is 61.6 Å². The molecular weight excluding hydrogens is 434 g/mol. The van der Waals surface area contributed by atoms with Crippen molar-refractivity contribution in [2.24, 2.45) is 0 Å². The summed E-state index contributed by atoms with van der Waals surface area (Å²) < 4.78 is 2.16. The van der Waals surface area contributed by atoms with Gasteiger partial charge in [0.15, 0.2) is 0 Å². The van der Waals surface area contributed by atoms with Gasteiger partial charge in [-0.15, -0.1) is 0 Å². The standard InChI is InChI=1S/C29H35N5O/c1-22(26-7-5-6-8-27(26)29(2,3)4)28(35)33-15-13-32(14-16-33)20-25-18-31-21-34(25)19-24-11-9-23(17-30)10-12-24/h5-12,18,21-22H,13-16,19-20H2,1-4H3. The fourth-order valence-corrected chi connectivity index (χ4v) is 4.82. The molecule has 1 fully saturated rings. The molecule has 0 spiro atoms. The van der Waals surface area contributed by atoms with Crippen LogP contribution in [0.2, 0.25) is 0 Å². The zero-order valence-corrected chi connectivity index (χ0v) is 21.2. The number of amides is 1. The van der Waals surface area contributed by atoms with Gasteiger partial charge in [-0.1, -0.05) is 57.2 Å². The number of imidazole rings is 1. The molecule has 2 heterocycles. The molecule has 6 heteroatoms. The molecule has 4 rings (SSSR count). The van der Waals surface area contributed by atoms with Gasteiger partial charge in [0.25, 0.3) is 0 Å². The SMILES string of the molecule is CC(C(=O)N1CCN(Cc2cncn2Cc2ccc(C#N)cc2)CC1)c1ccccc1C(C)(C)C. The minimum absolute atomic E-state index is 0.00451. The molecule has 1 unspecified atom stereocenters. The van der Waals surface area contributed by atoms with E-state index < -0.39 is 0 Å². The van der Waals surface area contributed by atoms with Gasteiger partial charge < -0.3 is 9.47 Å². The van der Waals surface area contributed by atoms with Gasteiger partial charge in [0, 0.05) is 45.5 Å². The number of carbonyl (C=O) groups is 1. The molecule has 1 atom stereocenters. The van der Waals surface area contributed by atoms with Gasteiger partial charge in [-0.05, 0) is 41.2 Å². The van der Waals surface area contributed by atoms with Crippen molar-refractivity contribution in [1.82, 2.24) is 19.4 Å². The van der Waals surface area contributed by atoms with Crippen molar-refractivity contribution in [1.29, 1.82) is 5.26 Å². The predicted octanol–water partition coefficient (Wildman–Crippen LogP) is 4.55. The van der Waals surface area contributed by atoms with Crippen LogP contribution in [-0.4, -0.2) is 51.4 Å². The number of rotatable bonds is 6. The van der Waals surface area contributed by atoms with Crippen LogP contribution in [0.15, 0.2) is 61.1 Å². The summed E-state index contributed by atoms with van der Waals surface area (Å²) in [7, 11) is 0. The van der Waals surface area contributed by atoms with Crippen LogP contribution in [0.3, 0.4) is 0 Å². The number of nitrogens with zero attached hydrogens (tertiary/aromatic N) is 5. The molecule has 1 aliphatic heterocycles. The Kier molecular flexibility index (Phi) is 7.37. The van der Waals surface area contributed by atoms with Crippen LogP contribution in [-0.2, 0) is 23.3 Å². The molecule has 1 amide bonds. The van der Waals surface area contributed by atoms with Crippen molar-refractivity contribution in [3.63, 3.8) is 0 Å². The average molecular weight is 470 g/mol. The molecule has 0 radical (unpaired) electrons. The summed E-state index contributed by atoms with van der Waals surface area (Å²) in [6.45, 7) is 13.4. The van der Waals surface area contributed by atoms with E-state index in [4.69, 9.17) is 5.26 Å². The summed E-state index contributed by atoms with van der Waals surface area (Å²) in [5.41, 5.74) is 5.35. The number of nitriles is 1. The van der Waals surface area contributed by atoms with E-state index in [1.807, 2.05) is 54.7 Å². The molecule has 182 valence electrons. The third-order valence-corrected chi connectivity index (χ3v) is 6.91. The number of aromatic nitrogens is 2. The van der Waals surface area contributed by atoms with Crippen molar-refractivity contribution in [3.8, 4) is 6.07 Å². The number of carbonyl (C=O) groups excluding carboxylic acids is 1. The maximum atomic E-state index is 13.4. The Morgan fingerprint density at radius 3 is 2.37 bits per heavy atom. The number of hydrogen-bond acceptors (Lipinski definition) is 4. The highest BCUT2D eigenvalue weighted by molar-refractivity contribution is 5.84. The van der Waals surface area contributed by atoms with E-state index >= 15 is 0 Å². The zero-order chi connectivity index (χ0) is 25.0. The Bertz CT molecular complexity index is 1190. The predicted molar refractivity (Wildman–Crippen MR) is 138 cm³/mol. The van der Waals surface area contributed by atoms with E-state index in [0.29, 0.717) is 5.56 Å². The first-order chi connectivity index (χ1) is 16.8. The maximum absolute atomic E-state index is 13.4. The van der Waals surface area contributed by atoms with Gasteiger partial charge in [0.2, 0.25) is 5.91 Å². The van der Waals surface area contributed by atoms with E-state index in [-0.39, 0.29) is 17.2 Å². The lowest BCUT2D eigenvalue weighted by atomic mass is 9.80. The zero-order valence-electron chi connectivity index (χ0n) is 21.2. The Morgan fingerprint density at radius 1 is 1.03 bits per heavy atom. The van der Waals surface area contributed by atoms with Gasteiger partial charge >= 0.3 is 0 Å². The monoisotopic (exact) mass is 469 g/mol. The van der Waals surface area contributed by atoms with E-state index in [2.05, 4.69) is 59.5 Å². The summed E-state index contributed by atoms with van der Waals surface area (Å²) in [5, 5.41) is 9.00. The topological polar surface area (TPSA) is 65.2 Å². The Labute approximate surface area is 208 Å². The van der Waals surface area contributed by atoms with Gasteiger partial charge in [0.05, 0.1) is 29.6 Å². The van der Waals surface area contributed by atoms with Crippen LogP contribution in [0.4, 0.5) is 0 Å². The summed E-state index contributed by atoms with van der Waals surface area (Å²) in [6, 6.07) is 18.2. The molecule has 1 aromatic heterocycles. The molecule has 0 aliphatic carbocycles. The van der Waals surface area contributed by atoms with Crippen molar-refractivity contribution >= 4 is 5.91 Å². The highest BCUT2D eigenvalue weighted by atomic mass is 16.2. The highest BCUT2D eigenvalue weighted by Crippen LogP contribution is 2.31.